The molecular weight excluding hydrogens is 1190 g/mol. The normalized spacial score (nSPS) is 11.5. The van der Waals surface area contributed by atoms with Crippen LogP contribution in [0.25, 0.3) is 6.08 Å². The van der Waals surface area contributed by atoms with Crippen LogP contribution in [-0.4, -0.2) is 62.0 Å². The summed E-state index contributed by atoms with van der Waals surface area (Å²) in [5.74, 6) is -0.0647. The Labute approximate surface area is 411 Å². The maximum atomic E-state index is 12.2. The van der Waals surface area contributed by atoms with E-state index in [2.05, 4.69) is 42.2 Å². The van der Waals surface area contributed by atoms with Gasteiger partial charge < -0.3 is 33.5 Å². The number of benzene rings is 4. The van der Waals surface area contributed by atoms with Gasteiger partial charge >= 0.3 is 23.9 Å². The van der Waals surface area contributed by atoms with Gasteiger partial charge in [-0.05, 0) is 70.9 Å². The summed E-state index contributed by atoms with van der Waals surface area (Å²) in [5, 5.41) is 12.0. The van der Waals surface area contributed by atoms with Gasteiger partial charge in [0, 0.05) is 60.8 Å². The molecule has 0 amide bonds. The second kappa shape index (κ2) is 27.8. The lowest BCUT2D eigenvalue weighted by Crippen LogP contribution is -2.07. The van der Waals surface area contributed by atoms with Crippen LogP contribution < -0.4 is 23.7 Å². The van der Waals surface area contributed by atoms with Gasteiger partial charge in [-0.2, -0.15) is 0 Å². The third-order valence-corrected chi connectivity index (χ3v) is 9.71. The number of halogens is 3. The van der Waals surface area contributed by atoms with Gasteiger partial charge in [0.2, 0.25) is 5.90 Å². The fourth-order valence-corrected chi connectivity index (χ4v) is 6.26. The highest BCUT2D eigenvalue weighted by atomic mass is 128. The van der Waals surface area contributed by atoms with Crippen molar-refractivity contribution in [3.63, 3.8) is 0 Å². The Kier molecular flexibility index (Phi) is 23.0. The predicted octanol–water partition coefficient (Wildman–Crippen LogP) is 11.4. The number of cyclic esters (lactones) is 1. The molecule has 1 aliphatic heterocycles. The fraction of sp³-hybridized carbons (Fsp3) is 0.111. The maximum Gasteiger partial charge on any atom is 0.363 e. The van der Waals surface area contributed by atoms with E-state index in [-0.39, 0.29) is 59.9 Å². The summed E-state index contributed by atoms with van der Waals surface area (Å²) in [4.78, 5) is 62.9. The first-order valence-electron chi connectivity index (χ1n) is 18.0. The second-order valence-electron chi connectivity index (χ2n) is 12.0. The zero-order chi connectivity index (χ0) is 44.9. The number of carbonyl (C=O) groups excluding carboxylic acids is 4. The number of ether oxygens (including phenoxy) is 6. The summed E-state index contributed by atoms with van der Waals surface area (Å²) in [6, 6.07) is 34.8. The Hall–Kier alpha value is -5.17. The molecule has 0 unspecified atom stereocenters. The summed E-state index contributed by atoms with van der Waals surface area (Å²) in [5.41, 5.74) is 2.12. The van der Waals surface area contributed by atoms with Crippen LogP contribution in [0.3, 0.4) is 0 Å². The number of esters is 3. The van der Waals surface area contributed by atoms with Crippen molar-refractivity contribution in [3.8, 4) is 28.7 Å². The summed E-state index contributed by atoms with van der Waals surface area (Å²) in [6.07, 6.45) is 1.55. The highest BCUT2D eigenvalue weighted by Crippen LogP contribution is 2.33. The average Bonchev–Trinajstić information content (AvgIpc) is 4.12. The monoisotopic (exact) mass is 1230 g/mol. The molecule has 0 saturated heterocycles. The van der Waals surface area contributed by atoms with Crippen LogP contribution in [-0.2, 0) is 14.3 Å². The lowest BCUT2D eigenvalue weighted by atomic mass is 10.1. The molecule has 1 aliphatic rings. The van der Waals surface area contributed by atoms with E-state index in [1.807, 2.05) is 41.8 Å². The van der Waals surface area contributed by atoms with Gasteiger partial charge in [-0.1, -0.05) is 66.7 Å². The Morgan fingerprint density at radius 2 is 1.21 bits per heavy atom. The molecule has 6 aromatic rings. The van der Waals surface area contributed by atoms with Gasteiger partial charge in [-0.25, -0.2) is 19.4 Å². The van der Waals surface area contributed by atoms with Crippen LogP contribution in [0.15, 0.2) is 143 Å². The number of Topliss-reactive ketones (excluding diaryl/α,β-unsaturated/α-hetero) is 1. The van der Waals surface area contributed by atoms with Crippen molar-refractivity contribution in [1.82, 2.24) is 0 Å². The van der Waals surface area contributed by atoms with Crippen molar-refractivity contribution in [1.29, 1.82) is 0 Å². The minimum Gasteiger partial charge on any atom is -0.497 e. The molecule has 4 aromatic carbocycles. The van der Waals surface area contributed by atoms with E-state index in [0.29, 0.717) is 43.9 Å². The van der Waals surface area contributed by atoms with Gasteiger partial charge in [-0.15, -0.1) is 46.7 Å². The molecule has 7 rings (SSSR count). The highest BCUT2D eigenvalue weighted by molar-refractivity contribution is 15.0. The van der Waals surface area contributed by atoms with E-state index in [4.69, 9.17) is 33.5 Å². The first-order chi connectivity index (χ1) is 30.1. The molecule has 0 spiro atoms. The number of carboxylic acid groups (broad SMARTS) is 1. The third-order valence-electron chi connectivity index (χ3n) is 8.01. The van der Waals surface area contributed by atoms with Crippen molar-refractivity contribution in [2.24, 2.45) is 4.99 Å². The van der Waals surface area contributed by atoms with Gasteiger partial charge in [0.1, 0.15) is 15.5 Å². The number of thiophene rings is 2. The molecule has 328 valence electrons. The zero-order valence-electron chi connectivity index (χ0n) is 33.6. The van der Waals surface area contributed by atoms with Crippen LogP contribution in [0.2, 0.25) is 0 Å². The van der Waals surface area contributed by atoms with Crippen molar-refractivity contribution < 1.29 is 57.5 Å². The molecule has 13 nitrogen and oxygen atoms in total. The molecule has 63 heavy (non-hydrogen) atoms. The van der Waals surface area contributed by atoms with Crippen LogP contribution in [0.5, 0.6) is 28.7 Å². The molecule has 0 atom stereocenters. The molecule has 1 N–H and O–H groups in total. The minimum absolute atomic E-state index is 0. The molecule has 2 aromatic heterocycles. The number of methoxy groups -OCH3 is 3. The smallest absolute Gasteiger partial charge is 0.363 e. The molecular formula is C45H38I3NO12S2. The highest BCUT2D eigenvalue weighted by Gasteiger charge is 2.24. The molecule has 18 heteroatoms. The number of ketones is 1. The number of carboxylic acids is 1. The first kappa shape index (κ1) is 52.2. The Balaban J connectivity index is 0.000000266. The molecule has 0 bridgehead atoms. The third kappa shape index (κ3) is 16.5. The summed E-state index contributed by atoms with van der Waals surface area (Å²) < 4.78 is 31.5. The predicted molar refractivity (Wildman–Crippen MR) is 269 cm³/mol. The summed E-state index contributed by atoms with van der Waals surface area (Å²) >= 11 is 6.87. The van der Waals surface area contributed by atoms with Crippen molar-refractivity contribution in [2.75, 3.05) is 21.3 Å². The van der Waals surface area contributed by atoms with Crippen molar-refractivity contribution >= 4 is 126 Å². The number of aliphatic carboxylic acids is 1. The molecule has 3 heterocycles. The van der Waals surface area contributed by atoms with E-state index >= 15 is 0 Å². The number of aliphatic imine (C=N–C) groups is 1. The van der Waals surface area contributed by atoms with Crippen molar-refractivity contribution in [2.45, 2.75) is 12.8 Å². The number of rotatable bonds is 13. The van der Waals surface area contributed by atoms with E-state index in [1.165, 1.54) is 36.9 Å². The van der Waals surface area contributed by atoms with Gasteiger partial charge in [0.15, 0.2) is 34.5 Å². The Morgan fingerprint density at radius 1 is 0.667 bits per heavy atom. The topological polar surface area (TPSA) is 173 Å². The molecule has 0 radical (unpaired) electrons. The van der Waals surface area contributed by atoms with E-state index in [1.54, 1.807) is 103 Å². The molecule has 0 aliphatic carbocycles. The van der Waals surface area contributed by atoms with Gasteiger partial charge in [0.05, 0.1) is 27.8 Å². The van der Waals surface area contributed by atoms with Crippen LogP contribution in [0.1, 0.15) is 53.7 Å². The first-order valence-corrected chi connectivity index (χ1v) is 26.1. The maximum absolute atomic E-state index is 12.2. The van der Waals surface area contributed by atoms with Crippen LogP contribution in [0, 0.1) is 0 Å². The van der Waals surface area contributed by atoms with Crippen molar-refractivity contribution in [3.05, 3.63) is 164 Å². The van der Waals surface area contributed by atoms with Crippen LogP contribution >= 0.6 is 83.9 Å². The molecule has 0 fully saturated rings. The second-order valence-corrected chi connectivity index (χ2v) is 13.9. The fourth-order valence-electron chi connectivity index (χ4n) is 5.07. The number of hydrogen-bond acceptors (Lipinski definition) is 14. The number of carbonyl (C=O) groups is 5. The lowest BCUT2D eigenvalue weighted by Gasteiger charge is -2.09. The van der Waals surface area contributed by atoms with Gasteiger partial charge in [0.25, 0.3) is 0 Å². The average molecular weight is 1230 g/mol. The summed E-state index contributed by atoms with van der Waals surface area (Å²) in [6.45, 7) is 0. The lowest BCUT2D eigenvalue weighted by molar-refractivity contribution is -0.137. The largest absolute Gasteiger partial charge is 0.497 e. The van der Waals surface area contributed by atoms with E-state index in [9.17, 15) is 24.0 Å². The number of nitrogens with zero attached hydrogens (tertiary/aromatic N) is 1. The Morgan fingerprint density at radius 3 is 1.71 bits per heavy atom. The number of hydrogen-bond donors (Lipinski definition) is 1. The Bertz CT molecular complexity index is 2480. The van der Waals surface area contributed by atoms with Crippen LogP contribution in [0.4, 0.5) is 0 Å². The standard InChI is InChI=1S/C22H15NO5S.C13H12O4S.C10H10O3.I2.HI/c1-26-18-13-14(9-10-17(18)27-22(25)19-8-5-11-29-19)12-16-21(24)28-20(23-16)15-6-3-2-4-7-15;1-15-9-5-6-10(11(8-9)16-2)17-13(14)12-4-3-7-18-12;11-9(6-7-10(12)13)8-4-2-1-3-5-8;1-2;/h2-13H,1H3;3-8H,1-2H3;1-5H,6-7H2,(H,12,13);;1H/b16-12+;;;;. The van der Waals surface area contributed by atoms with Gasteiger partial charge in [-0.3, -0.25) is 9.59 Å². The molecule has 0 saturated carbocycles. The quantitative estimate of drug-likeness (QED) is 0.0382. The SMILES string of the molecule is COc1cc(/C=C2/N=C(c3ccccc3)OC2=O)ccc1OC(=O)c1cccs1.COc1ccc(OC(=O)c2cccs2)c(OC)c1.I.II.O=C(O)CCC(=O)c1ccccc1. The summed E-state index contributed by atoms with van der Waals surface area (Å²) in [7, 11) is 4.55. The van der Waals surface area contributed by atoms with E-state index in [0.717, 1.165) is 5.56 Å². The van der Waals surface area contributed by atoms with E-state index < -0.39 is 23.9 Å². The zero-order valence-corrected chi connectivity index (χ0v) is 41.8. The minimum atomic E-state index is -0.940.